The molecule has 0 aliphatic rings. The summed E-state index contributed by atoms with van der Waals surface area (Å²) < 4.78 is 0. The van der Waals surface area contributed by atoms with E-state index in [9.17, 15) is 0 Å². The fourth-order valence-electron chi connectivity index (χ4n) is 7.26. The standard InChI is InChI=1S/C43H88/c1-6-8-10-12-14-16-18-19-20-21-22-24-26-28-30-32-36-42(4)38-34-40-43(5)39-33-37-41(3)35-31-29-27-25-23-17-15-13-11-9-7-2/h41-43H,6-40H2,1-5H3. The number of rotatable bonds is 37. The molecule has 0 radical (unpaired) electrons. The Balaban J connectivity index is 3.35. The van der Waals surface area contributed by atoms with Crippen molar-refractivity contribution in [1.82, 2.24) is 0 Å². The Bertz CT molecular complexity index is 480. The Morgan fingerprint density at radius 2 is 0.372 bits per heavy atom. The molecule has 0 fully saturated rings. The quantitative estimate of drug-likeness (QED) is 0.0619. The molecular weight excluding hydrogens is 516 g/mol. The van der Waals surface area contributed by atoms with Crippen molar-refractivity contribution in [2.24, 2.45) is 17.8 Å². The van der Waals surface area contributed by atoms with E-state index < -0.39 is 0 Å². The van der Waals surface area contributed by atoms with Crippen LogP contribution < -0.4 is 0 Å². The van der Waals surface area contributed by atoms with Gasteiger partial charge in [-0.05, 0) is 17.8 Å². The second kappa shape index (κ2) is 36.5. The van der Waals surface area contributed by atoms with Crippen molar-refractivity contribution in [3.05, 3.63) is 0 Å². The van der Waals surface area contributed by atoms with Crippen LogP contribution in [0.3, 0.4) is 0 Å². The third-order valence-electron chi connectivity index (χ3n) is 10.6. The van der Waals surface area contributed by atoms with Gasteiger partial charge in [-0.15, -0.1) is 0 Å². The van der Waals surface area contributed by atoms with Crippen LogP contribution in [0.15, 0.2) is 0 Å². The van der Waals surface area contributed by atoms with Crippen LogP contribution in [-0.2, 0) is 0 Å². The summed E-state index contributed by atoms with van der Waals surface area (Å²) in [5.74, 6) is 2.84. The van der Waals surface area contributed by atoms with Crippen LogP contribution in [0.2, 0.25) is 0 Å². The predicted molar refractivity (Wildman–Crippen MR) is 200 cm³/mol. The molecule has 3 atom stereocenters. The first-order valence-corrected chi connectivity index (χ1v) is 21.1. The van der Waals surface area contributed by atoms with Crippen LogP contribution in [0.1, 0.15) is 259 Å². The highest BCUT2D eigenvalue weighted by molar-refractivity contribution is 4.61. The van der Waals surface area contributed by atoms with Crippen LogP contribution in [0.5, 0.6) is 0 Å². The molecule has 0 nitrogen and oxygen atoms in total. The Kier molecular flexibility index (Phi) is 36.5. The average molecular weight is 605 g/mol. The van der Waals surface area contributed by atoms with Crippen molar-refractivity contribution < 1.29 is 0 Å². The van der Waals surface area contributed by atoms with Gasteiger partial charge in [0.25, 0.3) is 0 Å². The van der Waals surface area contributed by atoms with E-state index in [1.807, 2.05) is 0 Å². The van der Waals surface area contributed by atoms with E-state index in [-0.39, 0.29) is 0 Å². The smallest absolute Gasteiger partial charge is 0.0443 e. The largest absolute Gasteiger partial charge is 0.0654 e. The maximum absolute atomic E-state index is 2.52. The van der Waals surface area contributed by atoms with Gasteiger partial charge in [0.05, 0.1) is 0 Å². The molecule has 3 unspecified atom stereocenters. The van der Waals surface area contributed by atoms with Crippen LogP contribution in [0.25, 0.3) is 0 Å². The summed E-state index contributed by atoms with van der Waals surface area (Å²) in [6.45, 7) is 12.2. The maximum Gasteiger partial charge on any atom is -0.0443 e. The van der Waals surface area contributed by atoms with Crippen LogP contribution in [-0.4, -0.2) is 0 Å². The fraction of sp³-hybridized carbons (Fsp3) is 1.00. The lowest BCUT2D eigenvalue weighted by Crippen LogP contribution is -2.01. The van der Waals surface area contributed by atoms with Crippen LogP contribution >= 0.6 is 0 Å². The van der Waals surface area contributed by atoms with Crippen molar-refractivity contribution in [3.63, 3.8) is 0 Å². The molecule has 0 N–H and O–H groups in total. The molecule has 0 heteroatoms. The summed E-state index contributed by atoms with van der Waals surface area (Å²) >= 11 is 0. The summed E-state index contributed by atoms with van der Waals surface area (Å²) in [6.07, 6.45) is 51.5. The van der Waals surface area contributed by atoms with Gasteiger partial charge in [0.15, 0.2) is 0 Å². The maximum atomic E-state index is 2.52. The SMILES string of the molecule is CCCCCCCCCCCCCCCCCCC(C)CCCC(C)CCCC(C)CCCCCCCCCCCCC. The van der Waals surface area contributed by atoms with Crippen LogP contribution in [0.4, 0.5) is 0 Å². The summed E-state index contributed by atoms with van der Waals surface area (Å²) in [5, 5.41) is 0. The molecule has 0 bridgehead atoms. The lowest BCUT2D eigenvalue weighted by molar-refractivity contribution is 0.373. The first kappa shape index (κ1) is 43.0. The molecule has 0 heterocycles. The van der Waals surface area contributed by atoms with Gasteiger partial charge in [-0.25, -0.2) is 0 Å². The molecule has 0 spiro atoms. The normalized spacial score (nSPS) is 13.9. The molecule has 0 amide bonds. The molecule has 0 aliphatic heterocycles. The highest BCUT2D eigenvalue weighted by atomic mass is 14.1. The Morgan fingerprint density at radius 3 is 0.581 bits per heavy atom. The topological polar surface area (TPSA) is 0 Å². The van der Waals surface area contributed by atoms with Crippen LogP contribution in [0, 0.1) is 17.8 Å². The summed E-state index contributed by atoms with van der Waals surface area (Å²) in [6, 6.07) is 0. The zero-order valence-corrected chi connectivity index (χ0v) is 31.5. The first-order valence-electron chi connectivity index (χ1n) is 21.1. The molecule has 43 heavy (non-hydrogen) atoms. The molecule has 0 aromatic heterocycles. The van der Waals surface area contributed by atoms with Gasteiger partial charge in [-0.2, -0.15) is 0 Å². The molecular formula is C43H88. The average Bonchev–Trinajstić information content (AvgIpc) is 2.99. The van der Waals surface area contributed by atoms with E-state index in [1.54, 1.807) is 0 Å². The lowest BCUT2D eigenvalue weighted by Gasteiger charge is -2.16. The van der Waals surface area contributed by atoms with Gasteiger partial charge < -0.3 is 0 Å². The van der Waals surface area contributed by atoms with E-state index in [1.165, 1.54) is 225 Å². The van der Waals surface area contributed by atoms with E-state index in [0.717, 1.165) is 17.8 Å². The molecule has 0 aromatic rings. The van der Waals surface area contributed by atoms with Gasteiger partial charge in [0, 0.05) is 0 Å². The monoisotopic (exact) mass is 605 g/mol. The third kappa shape index (κ3) is 36.3. The second-order valence-electron chi connectivity index (χ2n) is 15.6. The van der Waals surface area contributed by atoms with Crippen molar-refractivity contribution in [1.29, 1.82) is 0 Å². The second-order valence-corrected chi connectivity index (χ2v) is 15.6. The minimum atomic E-state index is 0.942. The Hall–Kier alpha value is 0. The van der Waals surface area contributed by atoms with Gasteiger partial charge in [-0.3, -0.25) is 0 Å². The zero-order valence-electron chi connectivity index (χ0n) is 31.5. The van der Waals surface area contributed by atoms with Crippen molar-refractivity contribution >= 4 is 0 Å². The molecule has 0 saturated heterocycles. The summed E-state index contributed by atoms with van der Waals surface area (Å²) in [4.78, 5) is 0. The van der Waals surface area contributed by atoms with Gasteiger partial charge in [-0.1, -0.05) is 259 Å². The number of hydrogen-bond acceptors (Lipinski definition) is 0. The predicted octanol–water partition coefficient (Wildman–Crippen LogP) is 16.6. The van der Waals surface area contributed by atoms with Gasteiger partial charge in [0.1, 0.15) is 0 Å². The molecule has 0 saturated carbocycles. The summed E-state index contributed by atoms with van der Waals surface area (Å²) in [5.41, 5.74) is 0. The van der Waals surface area contributed by atoms with Crippen molar-refractivity contribution in [2.75, 3.05) is 0 Å². The minimum absolute atomic E-state index is 0.942. The van der Waals surface area contributed by atoms with E-state index in [2.05, 4.69) is 34.6 Å². The zero-order chi connectivity index (χ0) is 31.5. The Morgan fingerprint density at radius 1 is 0.209 bits per heavy atom. The fourth-order valence-corrected chi connectivity index (χ4v) is 7.26. The summed E-state index contributed by atoms with van der Waals surface area (Å²) in [7, 11) is 0. The van der Waals surface area contributed by atoms with Crippen molar-refractivity contribution in [3.8, 4) is 0 Å². The molecule has 0 aromatic carbocycles. The molecule has 260 valence electrons. The van der Waals surface area contributed by atoms with Gasteiger partial charge in [0.2, 0.25) is 0 Å². The highest BCUT2D eigenvalue weighted by Gasteiger charge is 2.08. The van der Waals surface area contributed by atoms with Gasteiger partial charge >= 0.3 is 0 Å². The molecule has 0 aliphatic carbocycles. The minimum Gasteiger partial charge on any atom is -0.0654 e. The van der Waals surface area contributed by atoms with E-state index in [0.29, 0.717) is 0 Å². The van der Waals surface area contributed by atoms with E-state index in [4.69, 9.17) is 0 Å². The highest BCUT2D eigenvalue weighted by Crippen LogP contribution is 2.24. The first-order chi connectivity index (χ1) is 21.1. The Labute approximate surface area is 276 Å². The number of unbranched alkanes of at least 4 members (excludes halogenated alkanes) is 25. The lowest BCUT2D eigenvalue weighted by atomic mass is 9.90. The molecule has 0 rings (SSSR count). The third-order valence-corrected chi connectivity index (χ3v) is 10.6. The van der Waals surface area contributed by atoms with Crippen molar-refractivity contribution in [2.45, 2.75) is 259 Å². The number of hydrogen-bond donors (Lipinski definition) is 0. The van der Waals surface area contributed by atoms with E-state index >= 15 is 0 Å².